The zero-order valence-corrected chi connectivity index (χ0v) is 6.42. The van der Waals surface area contributed by atoms with Crippen molar-refractivity contribution in [1.82, 2.24) is 0 Å². The van der Waals surface area contributed by atoms with Gasteiger partial charge in [-0.1, -0.05) is 13.8 Å². The summed E-state index contributed by atoms with van der Waals surface area (Å²) in [6.45, 7) is 7.09. The standard InChI is InChI=1S/C7H16O2/c1-6(2)4-9-5-7(3)8/h6-8H,4-5H2,1-3H3/t7-/m0/s1. The van der Waals surface area contributed by atoms with Crippen LogP contribution in [-0.2, 0) is 4.74 Å². The average Bonchev–Trinajstić information content (AvgIpc) is 1.63. The molecule has 0 aromatic rings. The second kappa shape index (κ2) is 4.77. The summed E-state index contributed by atoms with van der Waals surface area (Å²) in [5, 5.41) is 8.74. The summed E-state index contributed by atoms with van der Waals surface area (Å²) < 4.78 is 5.11. The summed E-state index contributed by atoms with van der Waals surface area (Å²) in [7, 11) is 0. The molecule has 56 valence electrons. The molecule has 9 heavy (non-hydrogen) atoms. The summed E-state index contributed by atoms with van der Waals surface area (Å²) in [6, 6.07) is 0. The summed E-state index contributed by atoms with van der Waals surface area (Å²) >= 11 is 0. The van der Waals surface area contributed by atoms with E-state index in [0.29, 0.717) is 12.5 Å². The number of rotatable bonds is 4. The summed E-state index contributed by atoms with van der Waals surface area (Å²) in [5.74, 6) is 0.559. The highest BCUT2D eigenvalue weighted by molar-refractivity contribution is 4.43. The van der Waals surface area contributed by atoms with Crippen molar-refractivity contribution in [1.29, 1.82) is 0 Å². The van der Waals surface area contributed by atoms with Crippen molar-refractivity contribution < 1.29 is 9.84 Å². The SMILES string of the molecule is CC(C)COC[C@H](C)O. The average molecular weight is 132 g/mol. The van der Waals surface area contributed by atoms with E-state index in [4.69, 9.17) is 9.84 Å². The van der Waals surface area contributed by atoms with Gasteiger partial charge in [-0.3, -0.25) is 0 Å². The molecule has 0 spiro atoms. The van der Waals surface area contributed by atoms with Gasteiger partial charge in [0.25, 0.3) is 0 Å². The van der Waals surface area contributed by atoms with Gasteiger partial charge in [-0.15, -0.1) is 0 Å². The van der Waals surface area contributed by atoms with Crippen LogP contribution >= 0.6 is 0 Å². The maximum absolute atomic E-state index is 8.74. The molecule has 0 radical (unpaired) electrons. The van der Waals surface area contributed by atoms with Gasteiger partial charge in [-0.05, 0) is 12.8 Å². The van der Waals surface area contributed by atoms with Crippen molar-refractivity contribution in [3.05, 3.63) is 0 Å². The van der Waals surface area contributed by atoms with E-state index in [-0.39, 0.29) is 6.10 Å². The molecule has 2 nitrogen and oxygen atoms in total. The van der Waals surface area contributed by atoms with E-state index < -0.39 is 0 Å². The van der Waals surface area contributed by atoms with Gasteiger partial charge in [0.05, 0.1) is 12.7 Å². The Morgan fingerprint density at radius 3 is 2.11 bits per heavy atom. The van der Waals surface area contributed by atoms with Crippen molar-refractivity contribution in [2.24, 2.45) is 5.92 Å². The highest BCUT2D eigenvalue weighted by Gasteiger charge is 1.96. The Bertz CT molecular complexity index is 51.9. The number of aliphatic hydroxyl groups is 1. The fourth-order valence-electron chi connectivity index (χ4n) is 0.474. The minimum atomic E-state index is -0.330. The topological polar surface area (TPSA) is 29.5 Å². The number of aliphatic hydroxyl groups excluding tert-OH is 1. The van der Waals surface area contributed by atoms with Gasteiger partial charge in [0.15, 0.2) is 0 Å². The van der Waals surface area contributed by atoms with Gasteiger partial charge >= 0.3 is 0 Å². The van der Waals surface area contributed by atoms with Crippen LogP contribution in [0.1, 0.15) is 20.8 Å². The van der Waals surface area contributed by atoms with Crippen molar-refractivity contribution in [3.8, 4) is 0 Å². The summed E-state index contributed by atoms with van der Waals surface area (Å²) in [5.41, 5.74) is 0. The quantitative estimate of drug-likeness (QED) is 0.619. The predicted molar refractivity (Wildman–Crippen MR) is 37.3 cm³/mol. The fraction of sp³-hybridized carbons (Fsp3) is 1.00. The number of hydrogen-bond acceptors (Lipinski definition) is 2. The van der Waals surface area contributed by atoms with Crippen LogP contribution in [0.5, 0.6) is 0 Å². The van der Waals surface area contributed by atoms with Crippen LogP contribution in [0.25, 0.3) is 0 Å². The Hall–Kier alpha value is -0.0800. The Kier molecular flexibility index (Phi) is 4.72. The number of hydrogen-bond donors (Lipinski definition) is 1. The fourth-order valence-corrected chi connectivity index (χ4v) is 0.474. The van der Waals surface area contributed by atoms with E-state index >= 15 is 0 Å². The molecule has 1 N–H and O–H groups in total. The van der Waals surface area contributed by atoms with Crippen molar-refractivity contribution >= 4 is 0 Å². The third-order valence-electron chi connectivity index (χ3n) is 0.810. The third-order valence-corrected chi connectivity index (χ3v) is 0.810. The van der Waals surface area contributed by atoms with E-state index in [2.05, 4.69) is 13.8 Å². The molecule has 0 heterocycles. The zero-order valence-electron chi connectivity index (χ0n) is 6.42. The van der Waals surface area contributed by atoms with Crippen molar-refractivity contribution in [2.75, 3.05) is 13.2 Å². The van der Waals surface area contributed by atoms with E-state index in [1.165, 1.54) is 0 Å². The normalized spacial score (nSPS) is 14.3. The molecular formula is C7H16O2. The summed E-state index contributed by atoms with van der Waals surface area (Å²) in [6.07, 6.45) is -0.330. The first-order chi connectivity index (χ1) is 4.13. The monoisotopic (exact) mass is 132 g/mol. The molecule has 0 rings (SSSR count). The molecule has 0 aromatic carbocycles. The molecule has 1 atom stereocenters. The zero-order chi connectivity index (χ0) is 7.28. The molecule has 0 saturated heterocycles. The Morgan fingerprint density at radius 2 is 1.78 bits per heavy atom. The second-order valence-electron chi connectivity index (χ2n) is 2.78. The first-order valence-corrected chi connectivity index (χ1v) is 3.38. The molecule has 0 bridgehead atoms. The Labute approximate surface area is 56.8 Å². The predicted octanol–water partition coefficient (Wildman–Crippen LogP) is 1.04. The molecule has 0 amide bonds. The van der Waals surface area contributed by atoms with Gasteiger partial charge in [0.2, 0.25) is 0 Å². The highest BCUT2D eigenvalue weighted by Crippen LogP contribution is 1.92. The molecule has 2 heteroatoms. The van der Waals surface area contributed by atoms with Gasteiger partial charge < -0.3 is 9.84 Å². The Morgan fingerprint density at radius 1 is 1.22 bits per heavy atom. The van der Waals surface area contributed by atoms with Gasteiger partial charge in [0, 0.05) is 6.61 Å². The van der Waals surface area contributed by atoms with Crippen LogP contribution in [0.15, 0.2) is 0 Å². The minimum Gasteiger partial charge on any atom is -0.391 e. The number of ether oxygens (including phenoxy) is 1. The van der Waals surface area contributed by atoms with Gasteiger partial charge in [-0.25, -0.2) is 0 Å². The molecule has 0 aliphatic carbocycles. The van der Waals surface area contributed by atoms with Crippen LogP contribution in [-0.4, -0.2) is 24.4 Å². The lowest BCUT2D eigenvalue weighted by Crippen LogP contribution is -2.13. The molecule has 0 aliphatic rings. The van der Waals surface area contributed by atoms with Crippen LogP contribution in [0.4, 0.5) is 0 Å². The molecular weight excluding hydrogens is 116 g/mol. The molecule has 0 aliphatic heterocycles. The van der Waals surface area contributed by atoms with E-state index in [1.807, 2.05) is 0 Å². The van der Waals surface area contributed by atoms with Crippen molar-refractivity contribution in [2.45, 2.75) is 26.9 Å². The van der Waals surface area contributed by atoms with Crippen LogP contribution in [0, 0.1) is 5.92 Å². The lowest BCUT2D eigenvalue weighted by atomic mass is 10.2. The van der Waals surface area contributed by atoms with Crippen LogP contribution in [0.2, 0.25) is 0 Å². The van der Waals surface area contributed by atoms with Crippen LogP contribution in [0.3, 0.4) is 0 Å². The second-order valence-corrected chi connectivity index (χ2v) is 2.78. The third kappa shape index (κ3) is 7.92. The largest absolute Gasteiger partial charge is 0.391 e. The first-order valence-electron chi connectivity index (χ1n) is 3.38. The van der Waals surface area contributed by atoms with Crippen LogP contribution < -0.4 is 0 Å². The molecule has 0 aromatic heterocycles. The smallest absolute Gasteiger partial charge is 0.0745 e. The van der Waals surface area contributed by atoms with Gasteiger partial charge in [-0.2, -0.15) is 0 Å². The first kappa shape index (κ1) is 8.92. The van der Waals surface area contributed by atoms with Gasteiger partial charge in [0.1, 0.15) is 0 Å². The van der Waals surface area contributed by atoms with E-state index in [0.717, 1.165) is 6.61 Å². The van der Waals surface area contributed by atoms with Crippen molar-refractivity contribution in [3.63, 3.8) is 0 Å². The van der Waals surface area contributed by atoms with E-state index in [1.54, 1.807) is 6.92 Å². The minimum absolute atomic E-state index is 0.330. The molecule has 0 fully saturated rings. The Balaban J connectivity index is 2.91. The maximum Gasteiger partial charge on any atom is 0.0745 e. The summed E-state index contributed by atoms with van der Waals surface area (Å²) in [4.78, 5) is 0. The maximum atomic E-state index is 8.74. The molecule has 0 saturated carbocycles. The van der Waals surface area contributed by atoms with E-state index in [9.17, 15) is 0 Å². The lowest BCUT2D eigenvalue weighted by Gasteiger charge is -2.07. The highest BCUT2D eigenvalue weighted by atomic mass is 16.5. The lowest BCUT2D eigenvalue weighted by molar-refractivity contribution is 0.0344. The molecule has 0 unspecified atom stereocenters.